The van der Waals surface area contributed by atoms with Crippen molar-refractivity contribution < 1.29 is 0 Å². The maximum Gasteiger partial charge on any atom is 0.0581 e. The van der Waals surface area contributed by atoms with Crippen LogP contribution in [0.15, 0.2) is 0 Å². The van der Waals surface area contributed by atoms with E-state index in [1.165, 1.54) is 0 Å². The minimum atomic E-state index is -0.981. The fraction of sp³-hybridized carbons (Fsp3) is 1.00. The normalized spacial score (nSPS) is 13.6. The molecule has 0 saturated carbocycles. The lowest BCUT2D eigenvalue weighted by Gasteiger charge is -2.39. The van der Waals surface area contributed by atoms with E-state index in [1.807, 2.05) is 0 Å². The first kappa shape index (κ1) is 11.2. The average molecular weight is 172 g/mol. The molecule has 0 aliphatic heterocycles. The molecule has 1 heteroatoms. The van der Waals surface area contributed by atoms with Crippen LogP contribution in [0.2, 0.25) is 23.2 Å². The minimum Gasteiger partial charge on any atom is -0.0686 e. The van der Waals surface area contributed by atoms with E-state index < -0.39 is 8.07 Å². The summed E-state index contributed by atoms with van der Waals surface area (Å²) in [6, 6.07) is 0. The molecule has 0 radical (unpaired) electrons. The van der Waals surface area contributed by atoms with Crippen molar-refractivity contribution in [1.82, 2.24) is 0 Å². The van der Waals surface area contributed by atoms with E-state index in [0.29, 0.717) is 0 Å². The van der Waals surface area contributed by atoms with Crippen LogP contribution >= 0.6 is 0 Å². The molecule has 0 heterocycles. The standard InChI is InChI=1S/C10H24Si/c1-8(2)11(7,9(3)4)10(5)6/h8-10H,1-7H3. The predicted molar refractivity (Wildman–Crippen MR) is 56.9 cm³/mol. The molecule has 0 atom stereocenters. The molecule has 0 saturated heterocycles. The Morgan fingerprint density at radius 2 is 0.818 bits per heavy atom. The molecule has 11 heavy (non-hydrogen) atoms. The second-order valence-corrected chi connectivity index (χ2v) is 11.0. The fourth-order valence-electron chi connectivity index (χ4n) is 2.00. The lowest BCUT2D eigenvalue weighted by atomic mass is 10.5. The van der Waals surface area contributed by atoms with Crippen molar-refractivity contribution in [3.63, 3.8) is 0 Å². The molecule has 0 unspecified atom stereocenters. The SMILES string of the molecule is CC(C)[Si](C)(C(C)C)C(C)C. The summed E-state index contributed by atoms with van der Waals surface area (Å²) in [6.07, 6.45) is 0. The third kappa shape index (κ3) is 2.08. The molecule has 0 N–H and O–H groups in total. The van der Waals surface area contributed by atoms with Crippen LogP contribution in [0.4, 0.5) is 0 Å². The van der Waals surface area contributed by atoms with E-state index in [9.17, 15) is 0 Å². The van der Waals surface area contributed by atoms with Crippen molar-refractivity contribution in [3.05, 3.63) is 0 Å². The van der Waals surface area contributed by atoms with E-state index in [2.05, 4.69) is 48.1 Å². The van der Waals surface area contributed by atoms with Crippen LogP contribution in [-0.2, 0) is 0 Å². The van der Waals surface area contributed by atoms with Gasteiger partial charge < -0.3 is 0 Å². The zero-order valence-corrected chi connectivity index (χ0v) is 10.2. The molecule has 0 aliphatic rings. The Morgan fingerprint density at radius 1 is 0.636 bits per heavy atom. The van der Waals surface area contributed by atoms with Crippen molar-refractivity contribution in [1.29, 1.82) is 0 Å². The molecule has 0 aliphatic carbocycles. The Labute approximate surface area is 73.4 Å². The Bertz CT molecular complexity index is 92.3. The van der Waals surface area contributed by atoms with Gasteiger partial charge in [-0.1, -0.05) is 64.7 Å². The highest BCUT2D eigenvalue weighted by molar-refractivity contribution is 6.82. The van der Waals surface area contributed by atoms with Crippen LogP contribution in [0.25, 0.3) is 0 Å². The van der Waals surface area contributed by atoms with Crippen LogP contribution in [0.1, 0.15) is 41.5 Å². The van der Waals surface area contributed by atoms with Crippen LogP contribution in [0, 0.1) is 0 Å². The van der Waals surface area contributed by atoms with Crippen molar-refractivity contribution >= 4 is 8.07 Å². The van der Waals surface area contributed by atoms with E-state index in [1.54, 1.807) is 0 Å². The molecule has 0 fully saturated rings. The molecule has 0 rings (SSSR count). The lowest BCUT2D eigenvalue weighted by Crippen LogP contribution is -2.40. The Balaban J connectivity index is 4.53. The molecule has 68 valence electrons. The van der Waals surface area contributed by atoms with Gasteiger partial charge in [0, 0.05) is 0 Å². The second kappa shape index (κ2) is 3.75. The van der Waals surface area contributed by atoms with Gasteiger partial charge in [0.05, 0.1) is 8.07 Å². The highest BCUT2D eigenvalue weighted by atomic mass is 28.3. The van der Waals surface area contributed by atoms with Crippen LogP contribution in [0.5, 0.6) is 0 Å². The summed E-state index contributed by atoms with van der Waals surface area (Å²) in [4.78, 5) is 0. The second-order valence-electron chi connectivity index (χ2n) is 4.83. The van der Waals surface area contributed by atoms with Crippen LogP contribution in [-0.4, -0.2) is 8.07 Å². The molecule has 0 nitrogen and oxygen atoms in total. The molecule has 0 bridgehead atoms. The van der Waals surface area contributed by atoms with E-state index in [0.717, 1.165) is 16.6 Å². The van der Waals surface area contributed by atoms with Gasteiger partial charge in [0.25, 0.3) is 0 Å². The quantitative estimate of drug-likeness (QED) is 0.557. The van der Waals surface area contributed by atoms with Gasteiger partial charge in [-0.05, 0) is 0 Å². The van der Waals surface area contributed by atoms with Crippen LogP contribution < -0.4 is 0 Å². The van der Waals surface area contributed by atoms with E-state index >= 15 is 0 Å². The largest absolute Gasteiger partial charge is 0.0686 e. The highest BCUT2D eigenvalue weighted by Gasteiger charge is 2.37. The third-order valence-electron chi connectivity index (χ3n) is 3.73. The van der Waals surface area contributed by atoms with Crippen molar-refractivity contribution in [2.75, 3.05) is 0 Å². The molecule has 0 aromatic rings. The van der Waals surface area contributed by atoms with Gasteiger partial charge in [0.2, 0.25) is 0 Å². The summed E-state index contributed by atoms with van der Waals surface area (Å²) in [6.45, 7) is 16.9. The van der Waals surface area contributed by atoms with E-state index in [-0.39, 0.29) is 0 Å². The monoisotopic (exact) mass is 172 g/mol. The predicted octanol–water partition coefficient (Wildman–Crippen LogP) is 4.30. The van der Waals surface area contributed by atoms with Gasteiger partial charge in [0.1, 0.15) is 0 Å². The molecule has 0 aromatic heterocycles. The van der Waals surface area contributed by atoms with Gasteiger partial charge >= 0.3 is 0 Å². The zero-order chi connectivity index (χ0) is 9.23. The average Bonchev–Trinajstić information content (AvgIpc) is 1.84. The smallest absolute Gasteiger partial charge is 0.0581 e. The first-order valence-electron chi connectivity index (χ1n) is 4.83. The van der Waals surface area contributed by atoms with E-state index in [4.69, 9.17) is 0 Å². The first-order valence-corrected chi connectivity index (χ1v) is 7.56. The molecule has 0 spiro atoms. The number of rotatable bonds is 3. The van der Waals surface area contributed by atoms with Gasteiger partial charge in [0.15, 0.2) is 0 Å². The maximum absolute atomic E-state index is 2.55. The van der Waals surface area contributed by atoms with Crippen molar-refractivity contribution in [3.8, 4) is 0 Å². The zero-order valence-electron chi connectivity index (χ0n) is 9.23. The Kier molecular flexibility index (Phi) is 3.82. The summed E-state index contributed by atoms with van der Waals surface area (Å²) < 4.78 is 0. The Hall–Kier alpha value is 0.217. The lowest BCUT2D eigenvalue weighted by molar-refractivity contribution is 0.823. The molecule has 0 aromatic carbocycles. The fourth-order valence-corrected chi connectivity index (χ4v) is 6.00. The van der Waals surface area contributed by atoms with Crippen molar-refractivity contribution in [2.24, 2.45) is 0 Å². The maximum atomic E-state index is 2.55. The first-order chi connectivity index (χ1) is 4.83. The summed E-state index contributed by atoms with van der Waals surface area (Å²) in [5, 5.41) is 0. The van der Waals surface area contributed by atoms with Gasteiger partial charge in [-0.3, -0.25) is 0 Å². The highest BCUT2D eigenvalue weighted by Crippen LogP contribution is 2.40. The Morgan fingerprint density at radius 3 is 0.818 bits per heavy atom. The molecule has 0 amide bonds. The third-order valence-corrected chi connectivity index (χ3v) is 11.2. The van der Waals surface area contributed by atoms with Crippen molar-refractivity contribution in [2.45, 2.75) is 64.7 Å². The molecular formula is C10H24Si. The summed E-state index contributed by atoms with van der Waals surface area (Å²) >= 11 is 0. The summed E-state index contributed by atoms with van der Waals surface area (Å²) in [7, 11) is -0.981. The van der Waals surface area contributed by atoms with Gasteiger partial charge in [-0.25, -0.2) is 0 Å². The minimum absolute atomic E-state index is 0.919. The van der Waals surface area contributed by atoms with Gasteiger partial charge in [-0.2, -0.15) is 0 Å². The number of hydrogen-bond acceptors (Lipinski definition) is 0. The summed E-state index contributed by atoms with van der Waals surface area (Å²) in [5.74, 6) is 0. The number of hydrogen-bond donors (Lipinski definition) is 0. The van der Waals surface area contributed by atoms with Gasteiger partial charge in [-0.15, -0.1) is 0 Å². The summed E-state index contributed by atoms with van der Waals surface area (Å²) in [5.41, 5.74) is 2.76. The topological polar surface area (TPSA) is 0 Å². The molecular weight excluding hydrogens is 148 g/mol. The van der Waals surface area contributed by atoms with Crippen LogP contribution in [0.3, 0.4) is 0 Å².